The molecule has 0 radical (unpaired) electrons. The second kappa shape index (κ2) is 7.13. The van der Waals surface area contributed by atoms with E-state index in [1.165, 1.54) is 40.6 Å². The van der Waals surface area contributed by atoms with E-state index in [4.69, 9.17) is 4.52 Å². The number of nitrogens with zero attached hydrogens (tertiary/aromatic N) is 6. The summed E-state index contributed by atoms with van der Waals surface area (Å²) in [6, 6.07) is 3.81. The lowest BCUT2D eigenvalue weighted by molar-refractivity contribution is -0.141. The van der Waals surface area contributed by atoms with Crippen LogP contribution in [0.25, 0.3) is 32.0 Å². The average molecular weight is 464 g/mol. The van der Waals surface area contributed by atoms with Crippen molar-refractivity contribution in [1.29, 1.82) is 0 Å². The highest BCUT2D eigenvalue weighted by Gasteiger charge is 2.38. The van der Waals surface area contributed by atoms with E-state index in [0.29, 0.717) is 10.2 Å². The van der Waals surface area contributed by atoms with E-state index >= 15 is 0 Å². The molecule has 158 valence electrons. The average Bonchev–Trinajstić information content (AvgIpc) is 3.48. The number of halogens is 3. The Bertz CT molecular complexity index is 1450. The third kappa shape index (κ3) is 3.45. The van der Waals surface area contributed by atoms with Gasteiger partial charge in [0, 0.05) is 29.1 Å². The molecule has 0 amide bonds. The van der Waals surface area contributed by atoms with E-state index in [-0.39, 0.29) is 29.4 Å². The second-order valence-electron chi connectivity index (χ2n) is 6.56. The first-order valence-corrected chi connectivity index (χ1v) is 10.5. The SMILES string of the molecule is Cn1cc(-c2noc(Cn3cnc4scc(-c5cccs5)c4c3=O)n2)c(C(F)(F)F)n1. The van der Waals surface area contributed by atoms with Crippen LogP contribution in [0.5, 0.6) is 0 Å². The molecule has 0 unspecified atom stereocenters. The number of aromatic nitrogens is 6. The molecule has 13 heteroatoms. The van der Waals surface area contributed by atoms with Crippen molar-refractivity contribution in [2.75, 3.05) is 0 Å². The van der Waals surface area contributed by atoms with Crippen LogP contribution in [0.3, 0.4) is 0 Å². The molecular weight excluding hydrogens is 453 g/mol. The topological polar surface area (TPSA) is 91.6 Å². The third-order valence-electron chi connectivity index (χ3n) is 4.46. The van der Waals surface area contributed by atoms with Gasteiger partial charge < -0.3 is 4.52 Å². The summed E-state index contributed by atoms with van der Waals surface area (Å²) in [6.45, 7) is -0.129. The Labute approximate surface area is 179 Å². The molecule has 5 rings (SSSR count). The van der Waals surface area contributed by atoms with E-state index in [0.717, 1.165) is 21.3 Å². The Hall–Kier alpha value is -3.32. The molecule has 0 bridgehead atoms. The first-order chi connectivity index (χ1) is 14.8. The maximum atomic E-state index is 13.2. The number of rotatable bonds is 4. The third-order valence-corrected chi connectivity index (χ3v) is 6.25. The molecule has 0 saturated heterocycles. The summed E-state index contributed by atoms with van der Waals surface area (Å²) in [4.78, 5) is 22.9. The molecule has 0 N–H and O–H groups in total. The fourth-order valence-electron chi connectivity index (χ4n) is 3.13. The van der Waals surface area contributed by atoms with Crippen LogP contribution >= 0.6 is 22.7 Å². The normalized spacial score (nSPS) is 12.1. The summed E-state index contributed by atoms with van der Waals surface area (Å²) >= 11 is 2.87. The molecule has 0 atom stereocenters. The molecule has 8 nitrogen and oxygen atoms in total. The van der Waals surface area contributed by atoms with Crippen molar-refractivity contribution < 1.29 is 17.7 Å². The summed E-state index contributed by atoms with van der Waals surface area (Å²) < 4.78 is 47.1. The Morgan fingerprint density at radius 3 is 2.81 bits per heavy atom. The Kier molecular flexibility index (Phi) is 4.51. The fourth-order valence-corrected chi connectivity index (χ4v) is 4.85. The van der Waals surface area contributed by atoms with Crippen LogP contribution in [0.2, 0.25) is 0 Å². The van der Waals surface area contributed by atoms with Gasteiger partial charge in [0.25, 0.3) is 5.56 Å². The Morgan fingerprint density at radius 1 is 1.23 bits per heavy atom. The summed E-state index contributed by atoms with van der Waals surface area (Å²) in [5.41, 5.74) is -0.921. The molecule has 0 saturated carbocycles. The zero-order valence-corrected chi connectivity index (χ0v) is 17.3. The minimum Gasteiger partial charge on any atom is -0.337 e. The quantitative estimate of drug-likeness (QED) is 0.399. The molecule has 0 aliphatic heterocycles. The molecule has 0 fully saturated rings. The first kappa shape index (κ1) is 19.6. The molecular formula is C18H11F3N6O2S2. The van der Waals surface area contributed by atoms with Crippen molar-refractivity contribution in [3.05, 3.63) is 57.4 Å². The van der Waals surface area contributed by atoms with Gasteiger partial charge >= 0.3 is 6.18 Å². The lowest BCUT2D eigenvalue weighted by atomic mass is 10.2. The molecule has 0 aliphatic rings. The molecule has 0 aromatic carbocycles. The minimum absolute atomic E-state index is 0.0249. The number of alkyl halides is 3. The molecule has 31 heavy (non-hydrogen) atoms. The van der Waals surface area contributed by atoms with Crippen LogP contribution in [-0.4, -0.2) is 29.5 Å². The van der Waals surface area contributed by atoms with Crippen molar-refractivity contribution in [1.82, 2.24) is 29.5 Å². The van der Waals surface area contributed by atoms with E-state index < -0.39 is 11.9 Å². The molecule has 5 aromatic heterocycles. The number of thiophene rings is 2. The Morgan fingerprint density at radius 2 is 2.06 bits per heavy atom. The van der Waals surface area contributed by atoms with Crippen molar-refractivity contribution in [2.24, 2.45) is 7.05 Å². The van der Waals surface area contributed by atoms with Crippen molar-refractivity contribution in [3.8, 4) is 21.8 Å². The number of fused-ring (bicyclic) bond motifs is 1. The zero-order valence-electron chi connectivity index (χ0n) is 15.6. The van der Waals surface area contributed by atoms with Gasteiger partial charge in [-0.05, 0) is 11.4 Å². The fraction of sp³-hybridized carbons (Fsp3) is 0.167. The highest BCUT2D eigenvalue weighted by Crippen LogP contribution is 2.35. The predicted octanol–water partition coefficient (Wildman–Crippen LogP) is 4.04. The van der Waals surface area contributed by atoms with Crippen LogP contribution in [0.15, 0.2) is 44.7 Å². The van der Waals surface area contributed by atoms with E-state index in [9.17, 15) is 18.0 Å². The molecule has 0 aliphatic carbocycles. The maximum absolute atomic E-state index is 13.2. The molecule has 5 heterocycles. The number of hydrogen-bond donors (Lipinski definition) is 0. The Balaban J connectivity index is 1.51. The molecule has 5 aromatic rings. The van der Waals surface area contributed by atoms with Gasteiger partial charge in [0.15, 0.2) is 5.69 Å². The highest BCUT2D eigenvalue weighted by molar-refractivity contribution is 7.18. The lowest BCUT2D eigenvalue weighted by Crippen LogP contribution is -2.21. The van der Waals surface area contributed by atoms with Crippen molar-refractivity contribution in [2.45, 2.75) is 12.7 Å². The predicted molar refractivity (Wildman–Crippen MR) is 108 cm³/mol. The van der Waals surface area contributed by atoms with Crippen molar-refractivity contribution >= 4 is 32.9 Å². The van der Waals surface area contributed by atoms with Gasteiger partial charge in [-0.1, -0.05) is 11.2 Å². The maximum Gasteiger partial charge on any atom is 0.435 e. The van der Waals surface area contributed by atoms with Gasteiger partial charge in [-0.15, -0.1) is 22.7 Å². The monoisotopic (exact) mass is 464 g/mol. The van der Waals surface area contributed by atoms with Crippen LogP contribution in [0.1, 0.15) is 11.6 Å². The summed E-state index contributed by atoms with van der Waals surface area (Å²) in [7, 11) is 1.37. The van der Waals surface area contributed by atoms with E-state index in [1.807, 2.05) is 22.9 Å². The van der Waals surface area contributed by atoms with Gasteiger partial charge in [-0.2, -0.15) is 23.3 Å². The van der Waals surface area contributed by atoms with Crippen LogP contribution < -0.4 is 5.56 Å². The van der Waals surface area contributed by atoms with Crippen LogP contribution in [0, 0.1) is 0 Å². The smallest absolute Gasteiger partial charge is 0.337 e. The largest absolute Gasteiger partial charge is 0.435 e. The van der Waals surface area contributed by atoms with Gasteiger partial charge in [0.05, 0.1) is 17.3 Å². The number of aryl methyl sites for hydroxylation is 1. The van der Waals surface area contributed by atoms with Crippen LogP contribution in [0.4, 0.5) is 13.2 Å². The molecule has 0 spiro atoms. The summed E-state index contributed by atoms with van der Waals surface area (Å²) in [6.07, 6.45) is -2.15. The minimum atomic E-state index is -4.67. The van der Waals surface area contributed by atoms with E-state index in [2.05, 4.69) is 20.2 Å². The van der Waals surface area contributed by atoms with Crippen LogP contribution in [-0.2, 0) is 19.8 Å². The first-order valence-electron chi connectivity index (χ1n) is 8.75. The van der Waals surface area contributed by atoms with Gasteiger partial charge in [-0.25, -0.2) is 4.98 Å². The lowest BCUT2D eigenvalue weighted by Gasteiger charge is -2.03. The van der Waals surface area contributed by atoms with Gasteiger partial charge in [0.1, 0.15) is 11.4 Å². The highest BCUT2D eigenvalue weighted by atomic mass is 32.1. The zero-order chi connectivity index (χ0) is 21.8. The van der Waals surface area contributed by atoms with Gasteiger partial charge in [-0.3, -0.25) is 14.0 Å². The summed E-state index contributed by atoms with van der Waals surface area (Å²) in [5, 5.41) is 11.3. The summed E-state index contributed by atoms with van der Waals surface area (Å²) in [5.74, 6) is -0.282. The van der Waals surface area contributed by atoms with E-state index in [1.54, 1.807) is 0 Å². The van der Waals surface area contributed by atoms with Crippen molar-refractivity contribution in [3.63, 3.8) is 0 Å². The number of hydrogen-bond acceptors (Lipinski definition) is 8. The second-order valence-corrected chi connectivity index (χ2v) is 8.36. The van der Waals surface area contributed by atoms with Gasteiger partial charge in [0.2, 0.25) is 11.7 Å². The standard InChI is InChI=1S/C18H11F3N6O2S2/c1-26-5-9(14(24-26)18(19,20)21)15-23-12(29-25-15)6-27-8-22-16-13(17(27)28)10(7-31-16)11-3-2-4-30-11/h2-5,7-8H,6H2,1H3.